The third kappa shape index (κ3) is 2.52. The zero-order valence-corrected chi connectivity index (χ0v) is 12.6. The van der Waals surface area contributed by atoms with Crippen LogP contribution in [0, 0.1) is 6.92 Å². The zero-order chi connectivity index (χ0) is 13.5. The molecule has 1 aliphatic carbocycles. The van der Waals surface area contributed by atoms with E-state index in [1.165, 1.54) is 10.4 Å². The number of sulfonamides is 1. The molecule has 6 heteroatoms. The van der Waals surface area contributed by atoms with Crippen molar-refractivity contribution >= 4 is 33.2 Å². The number of alkyl halides is 1. The normalized spacial score (nSPS) is 16.3. The fraction of sp³-hybridized carbons (Fsp3) is 0.500. The van der Waals surface area contributed by atoms with Crippen molar-refractivity contribution in [3.05, 3.63) is 28.3 Å². The average Bonchev–Trinajstić information content (AvgIpc) is 3.14. The number of hydrogen-bond acceptors (Lipinski definition) is 2. The minimum absolute atomic E-state index is 0.132. The third-order valence-corrected chi connectivity index (χ3v) is 5.84. The van der Waals surface area contributed by atoms with E-state index in [-0.39, 0.29) is 16.8 Å². The molecule has 0 aliphatic heterocycles. The molecule has 2 rings (SSSR count). The molecule has 0 N–H and O–H groups in total. The van der Waals surface area contributed by atoms with Crippen LogP contribution in [0.15, 0.2) is 17.0 Å². The Labute approximate surface area is 118 Å². The fourth-order valence-corrected chi connectivity index (χ4v) is 4.19. The first-order valence-electron chi connectivity index (χ1n) is 5.71. The van der Waals surface area contributed by atoms with Crippen LogP contribution >= 0.6 is 23.2 Å². The molecule has 0 unspecified atom stereocenters. The predicted molar refractivity (Wildman–Crippen MR) is 73.7 cm³/mol. The van der Waals surface area contributed by atoms with Gasteiger partial charge in [0.25, 0.3) is 0 Å². The summed E-state index contributed by atoms with van der Waals surface area (Å²) in [4.78, 5) is 0.264. The van der Waals surface area contributed by atoms with Crippen LogP contribution in [0.3, 0.4) is 0 Å². The zero-order valence-electron chi connectivity index (χ0n) is 10.3. The van der Waals surface area contributed by atoms with Crippen molar-refractivity contribution in [2.45, 2.75) is 36.6 Å². The summed E-state index contributed by atoms with van der Waals surface area (Å²) >= 11 is 11.8. The maximum absolute atomic E-state index is 12.5. The van der Waals surface area contributed by atoms with Gasteiger partial charge in [0.15, 0.2) is 0 Å². The lowest BCUT2D eigenvalue weighted by atomic mass is 10.1. The molecule has 0 heterocycles. The average molecular weight is 308 g/mol. The van der Waals surface area contributed by atoms with Crippen molar-refractivity contribution in [1.82, 2.24) is 4.31 Å². The molecule has 0 spiro atoms. The van der Waals surface area contributed by atoms with Gasteiger partial charge in [-0.05, 0) is 43.0 Å². The van der Waals surface area contributed by atoms with E-state index >= 15 is 0 Å². The van der Waals surface area contributed by atoms with Gasteiger partial charge in [0.05, 0.1) is 4.90 Å². The van der Waals surface area contributed by atoms with Crippen LogP contribution in [0.25, 0.3) is 0 Å². The number of hydrogen-bond donors (Lipinski definition) is 0. The Hall–Kier alpha value is -0.290. The summed E-state index contributed by atoms with van der Waals surface area (Å²) in [5.74, 6) is 0.252. The molecule has 3 nitrogen and oxygen atoms in total. The summed E-state index contributed by atoms with van der Waals surface area (Å²) in [6.45, 7) is 1.77. The third-order valence-electron chi connectivity index (χ3n) is 3.29. The fourth-order valence-electron chi connectivity index (χ4n) is 1.90. The molecule has 1 aromatic rings. The smallest absolute Gasteiger partial charge is 0.207 e. The second kappa shape index (κ2) is 5.00. The van der Waals surface area contributed by atoms with Crippen LogP contribution < -0.4 is 0 Å². The highest BCUT2D eigenvalue weighted by molar-refractivity contribution is 7.89. The maximum atomic E-state index is 12.5. The second-order valence-corrected chi connectivity index (χ2v) is 7.24. The highest BCUT2D eigenvalue weighted by Crippen LogP contribution is 2.33. The van der Waals surface area contributed by atoms with E-state index in [1.54, 1.807) is 20.0 Å². The van der Waals surface area contributed by atoms with Gasteiger partial charge in [0.1, 0.15) is 0 Å². The monoisotopic (exact) mass is 307 g/mol. The molecule has 0 amide bonds. The first-order chi connectivity index (χ1) is 8.37. The Morgan fingerprint density at radius 2 is 2.00 bits per heavy atom. The minimum Gasteiger partial charge on any atom is -0.207 e. The van der Waals surface area contributed by atoms with Crippen LogP contribution in [-0.4, -0.2) is 25.8 Å². The Kier molecular flexibility index (Phi) is 3.93. The summed E-state index contributed by atoms with van der Waals surface area (Å²) in [6.07, 6.45) is 1.86. The number of halogens is 2. The predicted octanol–water partition coefficient (Wildman–Crippen LogP) is 3.17. The molecule has 1 aromatic carbocycles. The van der Waals surface area contributed by atoms with Crippen molar-refractivity contribution < 1.29 is 8.42 Å². The lowest BCUT2D eigenvalue weighted by molar-refractivity contribution is 0.463. The Balaban J connectivity index is 2.53. The quantitative estimate of drug-likeness (QED) is 0.801. The van der Waals surface area contributed by atoms with Gasteiger partial charge in [-0.3, -0.25) is 0 Å². The summed E-state index contributed by atoms with van der Waals surface area (Å²) in [5, 5.41) is 0.402. The number of nitrogens with zero attached hydrogens (tertiary/aromatic N) is 1. The van der Waals surface area contributed by atoms with Crippen LogP contribution in [-0.2, 0) is 15.9 Å². The van der Waals surface area contributed by atoms with E-state index in [9.17, 15) is 8.42 Å². The minimum atomic E-state index is -3.47. The molecule has 0 saturated heterocycles. The number of rotatable bonds is 4. The van der Waals surface area contributed by atoms with Crippen LogP contribution in [0.4, 0.5) is 0 Å². The molecule has 0 aromatic heterocycles. The first kappa shape index (κ1) is 14.1. The lowest BCUT2D eigenvalue weighted by Crippen LogP contribution is -2.29. The molecule has 0 radical (unpaired) electrons. The Morgan fingerprint density at radius 1 is 1.39 bits per heavy atom. The molecule has 18 heavy (non-hydrogen) atoms. The molecule has 1 saturated carbocycles. The largest absolute Gasteiger partial charge is 0.243 e. The van der Waals surface area contributed by atoms with E-state index in [0.29, 0.717) is 10.6 Å². The van der Waals surface area contributed by atoms with Crippen LogP contribution in [0.1, 0.15) is 24.0 Å². The summed E-state index contributed by atoms with van der Waals surface area (Å²) in [7, 11) is -1.85. The standard InChI is InChI=1S/C12H15Cl2NO2S/c1-8-9(7-13)5-10(14)6-12(8)18(16,17)15(2)11-3-4-11/h5-6,11H,3-4,7H2,1-2H3. The summed E-state index contributed by atoms with van der Waals surface area (Å²) in [5.41, 5.74) is 1.44. The molecule has 100 valence electrons. The van der Waals surface area contributed by atoms with Crippen molar-refractivity contribution in [3.8, 4) is 0 Å². The topological polar surface area (TPSA) is 37.4 Å². The molecule has 0 bridgehead atoms. The Bertz CT molecular complexity index is 568. The lowest BCUT2D eigenvalue weighted by Gasteiger charge is -2.19. The van der Waals surface area contributed by atoms with E-state index in [4.69, 9.17) is 23.2 Å². The van der Waals surface area contributed by atoms with Crippen molar-refractivity contribution in [1.29, 1.82) is 0 Å². The molecule has 0 atom stereocenters. The maximum Gasteiger partial charge on any atom is 0.243 e. The van der Waals surface area contributed by atoms with Crippen molar-refractivity contribution in [3.63, 3.8) is 0 Å². The molecular formula is C12H15Cl2NO2S. The SMILES string of the molecule is Cc1c(CCl)cc(Cl)cc1S(=O)(=O)N(C)C1CC1. The van der Waals surface area contributed by atoms with Gasteiger partial charge in [-0.15, -0.1) is 11.6 Å². The van der Waals surface area contributed by atoms with E-state index in [2.05, 4.69) is 0 Å². The summed E-state index contributed by atoms with van der Waals surface area (Å²) < 4.78 is 26.4. The van der Waals surface area contributed by atoms with Crippen LogP contribution in [0.5, 0.6) is 0 Å². The van der Waals surface area contributed by atoms with Gasteiger partial charge in [0.2, 0.25) is 10.0 Å². The van der Waals surface area contributed by atoms with Gasteiger partial charge >= 0.3 is 0 Å². The summed E-state index contributed by atoms with van der Waals surface area (Å²) in [6, 6.07) is 3.34. The van der Waals surface area contributed by atoms with Crippen LogP contribution in [0.2, 0.25) is 5.02 Å². The van der Waals surface area contributed by atoms with Crippen molar-refractivity contribution in [2.24, 2.45) is 0 Å². The van der Waals surface area contributed by atoms with Gasteiger partial charge < -0.3 is 0 Å². The van der Waals surface area contributed by atoms with E-state index < -0.39 is 10.0 Å². The van der Waals surface area contributed by atoms with E-state index in [1.807, 2.05) is 0 Å². The first-order valence-corrected chi connectivity index (χ1v) is 8.06. The highest BCUT2D eigenvalue weighted by atomic mass is 35.5. The Morgan fingerprint density at radius 3 is 2.50 bits per heavy atom. The van der Waals surface area contributed by atoms with Gasteiger partial charge in [0, 0.05) is 24.0 Å². The molecule has 1 aliphatic rings. The highest BCUT2D eigenvalue weighted by Gasteiger charge is 2.36. The van der Waals surface area contributed by atoms with Gasteiger partial charge in [-0.1, -0.05) is 11.6 Å². The molecule has 1 fully saturated rings. The molecular weight excluding hydrogens is 293 g/mol. The number of benzene rings is 1. The second-order valence-electron chi connectivity index (χ2n) is 4.57. The van der Waals surface area contributed by atoms with Gasteiger partial charge in [-0.2, -0.15) is 4.31 Å². The van der Waals surface area contributed by atoms with Crippen molar-refractivity contribution in [2.75, 3.05) is 7.05 Å². The van der Waals surface area contributed by atoms with Gasteiger partial charge in [-0.25, -0.2) is 8.42 Å². The van der Waals surface area contributed by atoms with E-state index in [0.717, 1.165) is 18.4 Å².